The van der Waals surface area contributed by atoms with Gasteiger partial charge in [0.15, 0.2) is 0 Å². The van der Waals surface area contributed by atoms with Gasteiger partial charge in [-0.05, 0) is 49.5 Å². The van der Waals surface area contributed by atoms with Gasteiger partial charge in [0.25, 0.3) is 0 Å². The SMILES string of the molecule is COCc1cccc(CNC[C@@H]2CCCN(C)[C@H]2c2ccnn2C)c1. The normalized spacial score (nSPS) is 21.6. The number of benzene rings is 1. The molecule has 0 saturated carbocycles. The van der Waals surface area contributed by atoms with Crippen LogP contribution in [0.5, 0.6) is 0 Å². The van der Waals surface area contributed by atoms with Crippen molar-refractivity contribution in [2.24, 2.45) is 13.0 Å². The van der Waals surface area contributed by atoms with Crippen LogP contribution in [0.3, 0.4) is 0 Å². The summed E-state index contributed by atoms with van der Waals surface area (Å²) in [4.78, 5) is 2.48. The molecule has 1 saturated heterocycles. The fourth-order valence-corrected chi connectivity index (χ4v) is 4.01. The summed E-state index contributed by atoms with van der Waals surface area (Å²) in [6.45, 7) is 3.75. The minimum Gasteiger partial charge on any atom is -0.380 e. The highest BCUT2D eigenvalue weighted by Gasteiger charge is 2.31. The summed E-state index contributed by atoms with van der Waals surface area (Å²) >= 11 is 0. The lowest BCUT2D eigenvalue weighted by Crippen LogP contribution is -2.41. The molecule has 1 aromatic carbocycles. The Morgan fingerprint density at radius 1 is 1.24 bits per heavy atom. The first-order valence-corrected chi connectivity index (χ1v) is 9.14. The zero-order chi connectivity index (χ0) is 17.6. The fourth-order valence-electron chi connectivity index (χ4n) is 4.01. The average Bonchev–Trinajstić information content (AvgIpc) is 3.01. The molecule has 2 atom stereocenters. The van der Waals surface area contributed by atoms with Crippen LogP contribution in [0.1, 0.15) is 35.7 Å². The van der Waals surface area contributed by atoms with E-state index in [1.165, 1.54) is 29.7 Å². The Bertz CT molecular complexity index is 669. The summed E-state index contributed by atoms with van der Waals surface area (Å²) in [5, 5.41) is 8.05. The van der Waals surface area contributed by atoms with Crippen molar-refractivity contribution in [2.75, 3.05) is 27.2 Å². The Balaban J connectivity index is 1.61. The van der Waals surface area contributed by atoms with Gasteiger partial charge in [-0.3, -0.25) is 9.58 Å². The molecule has 1 aliphatic heterocycles. The summed E-state index contributed by atoms with van der Waals surface area (Å²) in [7, 11) is 6.02. The number of hydrogen-bond acceptors (Lipinski definition) is 4. The monoisotopic (exact) mass is 342 g/mol. The molecule has 1 fully saturated rings. The van der Waals surface area contributed by atoms with E-state index in [1.54, 1.807) is 7.11 Å². The average molecular weight is 342 g/mol. The third-order valence-corrected chi connectivity index (χ3v) is 5.21. The molecule has 0 spiro atoms. The van der Waals surface area contributed by atoms with Gasteiger partial charge >= 0.3 is 0 Å². The molecule has 5 heteroatoms. The van der Waals surface area contributed by atoms with E-state index < -0.39 is 0 Å². The van der Waals surface area contributed by atoms with Crippen LogP contribution in [-0.2, 0) is 24.9 Å². The molecule has 136 valence electrons. The Labute approximate surface area is 151 Å². The van der Waals surface area contributed by atoms with E-state index >= 15 is 0 Å². The van der Waals surface area contributed by atoms with Crippen molar-refractivity contribution in [3.8, 4) is 0 Å². The van der Waals surface area contributed by atoms with Gasteiger partial charge in [-0.25, -0.2) is 0 Å². The largest absolute Gasteiger partial charge is 0.380 e. The van der Waals surface area contributed by atoms with Crippen molar-refractivity contribution in [1.29, 1.82) is 0 Å². The molecule has 3 rings (SSSR count). The maximum Gasteiger partial charge on any atom is 0.0713 e. The highest BCUT2D eigenvalue weighted by Crippen LogP contribution is 2.34. The van der Waals surface area contributed by atoms with Gasteiger partial charge < -0.3 is 10.1 Å². The van der Waals surface area contributed by atoms with Crippen LogP contribution >= 0.6 is 0 Å². The maximum absolute atomic E-state index is 5.23. The predicted octanol–water partition coefficient (Wildman–Crippen LogP) is 2.74. The molecular weight excluding hydrogens is 312 g/mol. The molecule has 0 amide bonds. The van der Waals surface area contributed by atoms with Crippen molar-refractivity contribution in [2.45, 2.75) is 32.0 Å². The Morgan fingerprint density at radius 3 is 2.84 bits per heavy atom. The fraction of sp³-hybridized carbons (Fsp3) is 0.550. The molecule has 5 nitrogen and oxygen atoms in total. The maximum atomic E-state index is 5.23. The molecule has 0 radical (unpaired) electrons. The van der Waals surface area contributed by atoms with Crippen LogP contribution in [0.2, 0.25) is 0 Å². The standard InChI is InChI=1S/C20H30N4O/c1-23-11-5-8-18(20(23)19-9-10-22-24(19)2)14-21-13-16-6-4-7-17(12-16)15-25-3/h4,6-7,9-10,12,18,20-21H,5,8,11,13-15H2,1-3H3/t18-,20+/m0/s1. The van der Waals surface area contributed by atoms with Gasteiger partial charge in [0, 0.05) is 33.4 Å². The lowest BCUT2D eigenvalue weighted by Gasteiger charge is -2.39. The molecule has 0 bridgehead atoms. The number of likely N-dealkylation sites (tertiary alicyclic amines) is 1. The lowest BCUT2D eigenvalue weighted by molar-refractivity contribution is 0.113. The zero-order valence-electron chi connectivity index (χ0n) is 15.6. The molecule has 0 aliphatic carbocycles. The Morgan fingerprint density at radius 2 is 2.08 bits per heavy atom. The summed E-state index contributed by atoms with van der Waals surface area (Å²) in [6.07, 6.45) is 4.43. The quantitative estimate of drug-likeness (QED) is 0.840. The van der Waals surface area contributed by atoms with E-state index in [0.29, 0.717) is 18.6 Å². The molecule has 1 aliphatic rings. The van der Waals surface area contributed by atoms with Crippen molar-refractivity contribution in [1.82, 2.24) is 20.0 Å². The number of nitrogens with one attached hydrogen (secondary N) is 1. The van der Waals surface area contributed by atoms with E-state index in [2.05, 4.69) is 52.7 Å². The smallest absolute Gasteiger partial charge is 0.0713 e. The number of rotatable bonds is 7. The number of hydrogen-bond donors (Lipinski definition) is 1. The van der Waals surface area contributed by atoms with E-state index in [0.717, 1.165) is 19.6 Å². The molecule has 1 N–H and O–H groups in total. The van der Waals surface area contributed by atoms with Crippen molar-refractivity contribution >= 4 is 0 Å². The van der Waals surface area contributed by atoms with Crippen LogP contribution in [0, 0.1) is 5.92 Å². The van der Waals surface area contributed by atoms with Gasteiger partial charge in [0.1, 0.15) is 0 Å². The van der Waals surface area contributed by atoms with Gasteiger partial charge in [0.05, 0.1) is 18.3 Å². The van der Waals surface area contributed by atoms with E-state index in [4.69, 9.17) is 4.74 Å². The first-order valence-electron chi connectivity index (χ1n) is 9.14. The number of piperidine rings is 1. The van der Waals surface area contributed by atoms with E-state index in [9.17, 15) is 0 Å². The first kappa shape index (κ1) is 18.1. The summed E-state index contributed by atoms with van der Waals surface area (Å²) in [5.74, 6) is 0.608. The van der Waals surface area contributed by atoms with Gasteiger partial charge in [-0.15, -0.1) is 0 Å². The molecule has 0 unspecified atom stereocenters. The second kappa shape index (κ2) is 8.61. The van der Waals surface area contributed by atoms with Crippen molar-refractivity contribution in [3.63, 3.8) is 0 Å². The molecule has 1 aromatic heterocycles. The van der Waals surface area contributed by atoms with Gasteiger partial charge in [-0.1, -0.05) is 24.3 Å². The molecule has 25 heavy (non-hydrogen) atoms. The van der Waals surface area contributed by atoms with Crippen LogP contribution in [-0.4, -0.2) is 41.9 Å². The second-order valence-corrected chi connectivity index (χ2v) is 7.09. The Kier molecular flexibility index (Phi) is 6.24. The second-order valence-electron chi connectivity index (χ2n) is 7.09. The lowest BCUT2D eigenvalue weighted by atomic mass is 9.87. The summed E-state index contributed by atoms with van der Waals surface area (Å²) in [6, 6.07) is 11.2. The van der Waals surface area contributed by atoms with Crippen LogP contribution in [0.15, 0.2) is 36.5 Å². The number of aromatic nitrogens is 2. The highest BCUT2D eigenvalue weighted by molar-refractivity contribution is 5.23. The van der Waals surface area contributed by atoms with Gasteiger partial charge in [-0.2, -0.15) is 5.10 Å². The van der Waals surface area contributed by atoms with E-state index in [-0.39, 0.29) is 0 Å². The van der Waals surface area contributed by atoms with Crippen LogP contribution in [0.25, 0.3) is 0 Å². The molecule has 2 heterocycles. The first-order chi connectivity index (χ1) is 12.2. The Hall–Kier alpha value is -1.69. The van der Waals surface area contributed by atoms with Gasteiger partial charge in [0.2, 0.25) is 0 Å². The van der Waals surface area contributed by atoms with E-state index in [1.807, 2.05) is 17.9 Å². The topological polar surface area (TPSA) is 42.3 Å². The summed E-state index contributed by atoms with van der Waals surface area (Å²) in [5.41, 5.74) is 3.86. The number of nitrogens with zero attached hydrogens (tertiary/aromatic N) is 3. The number of aryl methyl sites for hydroxylation is 1. The molecule has 2 aromatic rings. The molecular formula is C20H30N4O. The highest BCUT2D eigenvalue weighted by atomic mass is 16.5. The number of methoxy groups -OCH3 is 1. The van der Waals surface area contributed by atoms with Crippen LogP contribution < -0.4 is 5.32 Å². The minimum absolute atomic E-state index is 0.438. The van der Waals surface area contributed by atoms with Crippen molar-refractivity contribution in [3.05, 3.63) is 53.3 Å². The minimum atomic E-state index is 0.438. The number of ether oxygens (including phenoxy) is 1. The predicted molar refractivity (Wildman–Crippen MR) is 100 cm³/mol. The third-order valence-electron chi connectivity index (χ3n) is 5.21. The zero-order valence-corrected chi connectivity index (χ0v) is 15.6. The third kappa shape index (κ3) is 4.48. The summed E-state index contributed by atoms with van der Waals surface area (Å²) < 4.78 is 7.25. The van der Waals surface area contributed by atoms with Crippen LogP contribution in [0.4, 0.5) is 0 Å². The van der Waals surface area contributed by atoms with Crippen molar-refractivity contribution < 1.29 is 4.74 Å².